The second-order valence-electron chi connectivity index (χ2n) is 6.73. The highest BCUT2D eigenvalue weighted by molar-refractivity contribution is 7.13. The lowest BCUT2D eigenvalue weighted by Crippen LogP contribution is -2.18. The van der Waals surface area contributed by atoms with Gasteiger partial charge in [0.05, 0.1) is 4.70 Å². The number of rotatable bonds is 0. The number of halogens is 1. The second kappa shape index (κ2) is 3.98. The van der Waals surface area contributed by atoms with Crippen molar-refractivity contribution in [2.45, 2.75) is 52.4 Å². The molecule has 0 aliphatic heterocycles. The van der Waals surface area contributed by atoms with Gasteiger partial charge in [-0.15, -0.1) is 5.10 Å². The molecule has 0 amide bonds. The minimum Gasteiger partial charge on any atom is -0.207 e. The van der Waals surface area contributed by atoms with Crippen LogP contribution in [0.2, 0.25) is 0 Å². The normalized spacial score (nSPS) is 13.3. The Kier molecular flexibility index (Phi) is 2.97. The number of benzene rings is 1. The molecule has 0 saturated heterocycles. The molecule has 0 fully saturated rings. The van der Waals surface area contributed by atoms with Crippen molar-refractivity contribution in [3.05, 3.63) is 23.0 Å². The molecule has 0 spiro atoms. The Balaban J connectivity index is 2.87. The van der Waals surface area contributed by atoms with E-state index in [4.69, 9.17) is 0 Å². The van der Waals surface area contributed by atoms with Crippen molar-refractivity contribution >= 4 is 21.7 Å². The Morgan fingerprint density at radius 3 is 2.17 bits per heavy atom. The van der Waals surface area contributed by atoms with Crippen molar-refractivity contribution in [3.63, 3.8) is 0 Å². The average Bonchev–Trinajstić information content (AvgIpc) is 2.60. The Labute approximate surface area is 111 Å². The molecule has 0 radical (unpaired) electrons. The lowest BCUT2D eigenvalue weighted by Gasteiger charge is -2.24. The van der Waals surface area contributed by atoms with E-state index >= 15 is 0 Å². The van der Waals surface area contributed by atoms with E-state index in [1.807, 2.05) is 20.8 Å². The maximum Gasteiger partial charge on any atom is 0.129 e. The number of aromatic nitrogens is 2. The SMILES string of the molecule is CC(C)(C)c1c(F)cc(C(C)(C)C)c2snnc12. The van der Waals surface area contributed by atoms with Crippen molar-refractivity contribution in [2.75, 3.05) is 0 Å². The van der Waals surface area contributed by atoms with E-state index in [1.165, 1.54) is 11.5 Å². The molecule has 2 nitrogen and oxygen atoms in total. The van der Waals surface area contributed by atoms with Crippen molar-refractivity contribution in [1.29, 1.82) is 0 Å². The maximum atomic E-state index is 14.4. The molecule has 4 heteroatoms. The summed E-state index contributed by atoms with van der Waals surface area (Å²) in [5, 5.41) is 4.15. The van der Waals surface area contributed by atoms with Gasteiger partial charge in [-0.2, -0.15) is 0 Å². The van der Waals surface area contributed by atoms with Gasteiger partial charge in [-0.25, -0.2) is 4.39 Å². The van der Waals surface area contributed by atoms with Gasteiger partial charge in [0.1, 0.15) is 11.3 Å². The van der Waals surface area contributed by atoms with Gasteiger partial charge in [0.25, 0.3) is 0 Å². The number of fused-ring (bicyclic) bond motifs is 1. The highest BCUT2D eigenvalue weighted by Crippen LogP contribution is 2.38. The predicted octanol–water partition coefficient (Wildman–Crippen LogP) is 4.43. The summed E-state index contributed by atoms with van der Waals surface area (Å²) in [6.07, 6.45) is 0. The summed E-state index contributed by atoms with van der Waals surface area (Å²) in [6.45, 7) is 12.2. The van der Waals surface area contributed by atoms with E-state index in [0.29, 0.717) is 5.56 Å². The van der Waals surface area contributed by atoms with E-state index in [2.05, 4.69) is 30.4 Å². The summed E-state index contributed by atoms with van der Waals surface area (Å²) >= 11 is 1.35. The third kappa shape index (κ3) is 2.14. The van der Waals surface area contributed by atoms with Crippen LogP contribution in [0.15, 0.2) is 6.07 Å². The highest BCUT2D eigenvalue weighted by Gasteiger charge is 2.28. The van der Waals surface area contributed by atoms with Crippen LogP contribution in [-0.4, -0.2) is 9.59 Å². The molecule has 18 heavy (non-hydrogen) atoms. The van der Waals surface area contributed by atoms with E-state index < -0.39 is 0 Å². The summed E-state index contributed by atoms with van der Waals surface area (Å²) in [5.74, 6) is -0.173. The van der Waals surface area contributed by atoms with Crippen LogP contribution in [-0.2, 0) is 10.8 Å². The van der Waals surface area contributed by atoms with Crippen LogP contribution in [0, 0.1) is 5.82 Å². The predicted molar refractivity (Wildman–Crippen MR) is 74.8 cm³/mol. The zero-order valence-corrected chi connectivity index (χ0v) is 12.6. The molecule has 98 valence electrons. The van der Waals surface area contributed by atoms with Gasteiger partial charge < -0.3 is 0 Å². The summed E-state index contributed by atoms with van der Waals surface area (Å²) in [7, 11) is 0. The zero-order chi connectivity index (χ0) is 13.7. The highest BCUT2D eigenvalue weighted by atomic mass is 32.1. The fourth-order valence-corrected chi connectivity index (χ4v) is 3.08. The van der Waals surface area contributed by atoms with E-state index in [9.17, 15) is 4.39 Å². The van der Waals surface area contributed by atoms with E-state index in [0.717, 1.165) is 15.8 Å². The molecule has 0 atom stereocenters. The largest absolute Gasteiger partial charge is 0.207 e. The molecular formula is C14H19FN2S. The van der Waals surface area contributed by atoms with Gasteiger partial charge in [-0.1, -0.05) is 46.0 Å². The first kappa shape index (κ1) is 13.4. The van der Waals surface area contributed by atoms with Crippen molar-refractivity contribution in [3.8, 4) is 0 Å². The molecule has 2 aromatic rings. The second-order valence-corrected chi connectivity index (χ2v) is 7.49. The molecule has 0 aliphatic rings. The van der Waals surface area contributed by atoms with Crippen molar-refractivity contribution in [2.24, 2.45) is 0 Å². The molecule has 0 aliphatic carbocycles. The first-order chi connectivity index (χ1) is 8.12. The van der Waals surface area contributed by atoms with Crippen LogP contribution < -0.4 is 0 Å². The minimum absolute atomic E-state index is 0.107. The Bertz CT molecular complexity index is 588. The molecule has 1 heterocycles. The number of nitrogens with zero attached hydrogens (tertiary/aromatic N) is 2. The van der Waals surface area contributed by atoms with E-state index in [-0.39, 0.29) is 16.6 Å². The van der Waals surface area contributed by atoms with E-state index in [1.54, 1.807) is 6.07 Å². The van der Waals surface area contributed by atoms with Crippen LogP contribution in [0.1, 0.15) is 52.7 Å². The number of hydrogen-bond donors (Lipinski definition) is 0. The van der Waals surface area contributed by atoms with Gasteiger partial charge in [-0.3, -0.25) is 0 Å². The third-order valence-corrected chi connectivity index (χ3v) is 3.80. The molecule has 0 bridgehead atoms. The van der Waals surface area contributed by atoms with Crippen LogP contribution >= 0.6 is 11.5 Å². The Morgan fingerprint density at radius 2 is 1.67 bits per heavy atom. The Morgan fingerprint density at radius 1 is 1.06 bits per heavy atom. The van der Waals surface area contributed by atoms with Crippen molar-refractivity contribution in [1.82, 2.24) is 9.59 Å². The Hall–Kier alpha value is -1.03. The monoisotopic (exact) mass is 266 g/mol. The molecule has 0 saturated carbocycles. The van der Waals surface area contributed by atoms with Crippen molar-refractivity contribution < 1.29 is 4.39 Å². The third-order valence-electron chi connectivity index (χ3n) is 3.04. The van der Waals surface area contributed by atoms with Crippen LogP contribution in [0.3, 0.4) is 0 Å². The molecule has 1 aromatic heterocycles. The lowest BCUT2D eigenvalue weighted by molar-refractivity contribution is 0.520. The summed E-state index contributed by atoms with van der Waals surface area (Å²) in [4.78, 5) is 0. The fraction of sp³-hybridized carbons (Fsp3) is 0.571. The average molecular weight is 266 g/mol. The molecule has 2 rings (SSSR count). The first-order valence-corrected chi connectivity index (χ1v) is 6.85. The van der Waals surface area contributed by atoms with Gasteiger partial charge in [0.2, 0.25) is 0 Å². The first-order valence-electron chi connectivity index (χ1n) is 6.08. The van der Waals surface area contributed by atoms with Gasteiger partial charge in [0, 0.05) is 5.56 Å². The minimum atomic E-state index is -0.269. The zero-order valence-electron chi connectivity index (χ0n) is 11.8. The summed E-state index contributed by atoms with van der Waals surface area (Å²) < 4.78 is 19.4. The maximum absolute atomic E-state index is 14.4. The lowest BCUT2D eigenvalue weighted by atomic mass is 9.81. The van der Waals surface area contributed by atoms with Crippen LogP contribution in [0.5, 0.6) is 0 Å². The number of hydrogen-bond acceptors (Lipinski definition) is 3. The quantitative estimate of drug-likeness (QED) is 0.705. The van der Waals surface area contributed by atoms with Gasteiger partial charge in [0.15, 0.2) is 0 Å². The topological polar surface area (TPSA) is 25.8 Å². The molecule has 0 unspecified atom stereocenters. The summed E-state index contributed by atoms with van der Waals surface area (Å²) in [6, 6.07) is 1.66. The fourth-order valence-electron chi connectivity index (χ4n) is 2.18. The van der Waals surface area contributed by atoms with Gasteiger partial charge >= 0.3 is 0 Å². The standard InChI is InChI=1S/C14H19FN2S/c1-13(2,3)8-7-9(15)10(14(4,5)6)11-12(8)18-17-16-11/h7H,1-6H3. The van der Waals surface area contributed by atoms with Gasteiger partial charge in [-0.05, 0) is 34.0 Å². The molecule has 0 N–H and O–H groups in total. The van der Waals surface area contributed by atoms with Crippen LogP contribution in [0.25, 0.3) is 10.2 Å². The smallest absolute Gasteiger partial charge is 0.129 e. The molecular weight excluding hydrogens is 247 g/mol. The summed E-state index contributed by atoms with van der Waals surface area (Å²) in [5.41, 5.74) is 1.99. The molecule has 1 aromatic carbocycles. The van der Waals surface area contributed by atoms with Crippen LogP contribution in [0.4, 0.5) is 4.39 Å².